The zero-order chi connectivity index (χ0) is 28.5. The summed E-state index contributed by atoms with van der Waals surface area (Å²) in [5.74, 6) is 0.206. The van der Waals surface area contributed by atoms with Gasteiger partial charge in [0, 0.05) is 23.1 Å². The number of thiazole rings is 1. The van der Waals surface area contributed by atoms with Crippen molar-refractivity contribution in [1.82, 2.24) is 9.13 Å². The molecule has 0 bridgehead atoms. The van der Waals surface area contributed by atoms with E-state index in [2.05, 4.69) is 34.9 Å². The van der Waals surface area contributed by atoms with E-state index < -0.39 is 12.0 Å². The Kier molecular flexibility index (Phi) is 7.15. The number of nitrogens with zero attached hydrogens (tertiary/aromatic N) is 3. The van der Waals surface area contributed by atoms with E-state index in [0.29, 0.717) is 32.9 Å². The second-order valence-electron chi connectivity index (χ2n) is 9.78. The third kappa shape index (κ3) is 4.91. The number of esters is 1. The Morgan fingerprint density at radius 1 is 1.02 bits per heavy atom. The predicted molar refractivity (Wildman–Crippen MR) is 161 cm³/mol. The maximum atomic E-state index is 14.1. The number of allylic oxidation sites excluding steroid dienone is 1. The molecule has 206 valence electrons. The highest BCUT2D eigenvalue weighted by molar-refractivity contribution is 7.07. The molecule has 1 aliphatic rings. The fourth-order valence-corrected chi connectivity index (χ4v) is 6.35. The van der Waals surface area contributed by atoms with Crippen LogP contribution >= 0.6 is 11.3 Å². The van der Waals surface area contributed by atoms with Gasteiger partial charge in [-0.25, -0.2) is 9.79 Å². The summed E-state index contributed by atoms with van der Waals surface area (Å²) in [6.45, 7) is 4.44. The molecule has 6 rings (SSSR count). The van der Waals surface area contributed by atoms with Crippen LogP contribution in [-0.4, -0.2) is 28.8 Å². The standard InChI is InChI=1S/C33H29N3O4S/c1-4-40-32(38)29-21(2)34-33-36(30(29)23-14-16-26(39-3)17-15-23)31(37)28(41-33)19-25-18-24-12-8-9-13-27(24)35(25)20-22-10-6-5-7-11-22/h5-19,30H,4,20H2,1-3H3/t30-/m0/s1. The van der Waals surface area contributed by atoms with Crippen LogP contribution in [-0.2, 0) is 16.1 Å². The second kappa shape index (κ2) is 11.1. The summed E-state index contributed by atoms with van der Waals surface area (Å²) in [7, 11) is 1.60. The second-order valence-corrected chi connectivity index (χ2v) is 10.8. The first kappa shape index (κ1) is 26.5. The highest BCUT2D eigenvalue weighted by atomic mass is 32.1. The molecule has 0 N–H and O–H groups in total. The van der Waals surface area contributed by atoms with Crippen LogP contribution in [0.1, 0.15) is 36.7 Å². The summed E-state index contributed by atoms with van der Waals surface area (Å²) in [6.07, 6.45) is 1.93. The van der Waals surface area contributed by atoms with Crippen molar-refractivity contribution < 1.29 is 14.3 Å². The predicted octanol–water partition coefficient (Wildman–Crippen LogP) is 4.81. The van der Waals surface area contributed by atoms with Gasteiger partial charge in [0.2, 0.25) is 0 Å². The van der Waals surface area contributed by atoms with Crippen LogP contribution in [0.3, 0.4) is 0 Å². The summed E-state index contributed by atoms with van der Waals surface area (Å²) < 4.78 is 15.1. The Morgan fingerprint density at radius 2 is 1.76 bits per heavy atom. The first-order chi connectivity index (χ1) is 20.0. The Hall–Kier alpha value is -4.69. The van der Waals surface area contributed by atoms with Gasteiger partial charge >= 0.3 is 5.97 Å². The Morgan fingerprint density at radius 3 is 2.49 bits per heavy atom. The molecule has 3 heterocycles. The minimum absolute atomic E-state index is 0.208. The average molecular weight is 564 g/mol. The molecule has 7 nitrogen and oxygen atoms in total. The number of methoxy groups -OCH3 is 1. The molecule has 3 aromatic carbocycles. The quantitative estimate of drug-likeness (QED) is 0.267. The number of fused-ring (bicyclic) bond motifs is 2. The molecule has 2 aromatic heterocycles. The number of para-hydroxylation sites is 1. The molecular formula is C33H29N3O4S. The van der Waals surface area contributed by atoms with Gasteiger partial charge in [-0.15, -0.1) is 0 Å². The Labute approximate surface area is 240 Å². The first-order valence-corrected chi connectivity index (χ1v) is 14.3. The van der Waals surface area contributed by atoms with Crippen LogP contribution in [0.4, 0.5) is 0 Å². The molecule has 0 aliphatic carbocycles. The number of benzene rings is 3. The summed E-state index contributed by atoms with van der Waals surface area (Å²) >= 11 is 1.32. The third-order valence-corrected chi connectivity index (χ3v) is 8.24. The van der Waals surface area contributed by atoms with E-state index in [4.69, 9.17) is 14.5 Å². The van der Waals surface area contributed by atoms with Gasteiger partial charge in [-0.3, -0.25) is 9.36 Å². The third-order valence-electron chi connectivity index (χ3n) is 7.25. The van der Waals surface area contributed by atoms with E-state index in [1.54, 1.807) is 25.5 Å². The molecule has 8 heteroatoms. The number of ether oxygens (including phenoxy) is 2. The van der Waals surface area contributed by atoms with Crippen LogP contribution in [0.5, 0.6) is 5.75 Å². The molecule has 41 heavy (non-hydrogen) atoms. The van der Waals surface area contributed by atoms with Crippen molar-refractivity contribution in [2.24, 2.45) is 4.99 Å². The molecule has 0 spiro atoms. The number of aromatic nitrogens is 2. The zero-order valence-electron chi connectivity index (χ0n) is 23.0. The molecule has 0 saturated heterocycles. The van der Waals surface area contributed by atoms with E-state index in [9.17, 15) is 9.59 Å². The molecule has 5 aromatic rings. The monoisotopic (exact) mass is 563 g/mol. The lowest BCUT2D eigenvalue weighted by atomic mass is 9.96. The smallest absolute Gasteiger partial charge is 0.338 e. The van der Waals surface area contributed by atoms with Crippen molar-refractivity contribution in [1.29, 1.82) is 0 Å². The van der Waals surface area contributed by atoms with Crippen LogP contribution in [0.25, 0.3) is 17.0 Å². The fourth-order valence-electron chi connectivity index (χ4n) is 5.32. The minimum Gasteiger partial charge on any atom is -0.497 e. The molecule has 0 fully saturated rings. The normalized spacial score (nSPS) is 15.1. The topological polar surface area (TPSA) is 74.8 Å². The lowest BCUT2D eigenvalue weighted by molar-refractivity contribution is -0.139. The SMILES string of the molecule is CCOC(=O)C1=C(C)N=c2sc(=Cc3cc4ccccc4n3Cc3ccccc3)c(=O)n2[C@H]1c1ccc(OC)cc1. The Balaban J connectivity index is 1.54. The van der Waals surface area contributed by atoms with Crippen molar-refractivity contribution in [3.63, 3.8) is 0 Å². The molecule has 0 amide bonds. The van der Waals surface area contributed by atoms with Crippen molar-refractivity contribution in [3.8, 4) is 5.75 Å². The molecule has 1 aliphatic heterocycles. The van der Waals surface area contributed by atoms with Gasteiger partial charge in [0.05, 0.1) is 35.6 Å². The van der Waals surface area contributed by atoms with Gasteiger partial charge in [-0.2, -0.15) is 0 Å². The maximum absolute atomic E-state index is 14.1. The van der Waals surface area contributed by atoms with E-state index in [1.165, 1.54) is 16.9 Å². The largest absolute Gasteiger partial charge is 0.497 e. The van der Waals surface area contributed by atoms with Crippen molar-refractivity contribution in [2.45, 2.75) is 26.4 Å². The van der Waals surface area contributed by atoms with E-state index in [-0.39, 0.29) is 12.2 Å². The number of carbonyl (C=O) groups excluding carboxylic acids is 1. The molecule has 1 atom stereocenters. The Bertz CT molecular complexity index is 1960. The summed E-state index contributed by atoms with van der Waals surface area (Å²) in [4.78, 5) is 32.5. The van der Waals surface area contributed by atoms with Gasteiger partial charge < -0.3 is 14.0 Å². The summed E-state index contributed by atoms with van der Waals surface area (Å²) in [6, 6.07) is 27.3. The minimum atomic E-state index is -0.673. The maximum Gasteiger partial charge on any atom is 0.338 e. The van der Waals surface area contributed by atoms with Crippen molar-refractivity contribution in [2.75, 3.05) is 13.7 Å². The summed E-state index contributed by atoms with van der Waals surface area (Å²) in [5.41, 5.74) is 4.63. The number of rotatable bonds is 7. The lowest BCUT2D eigenvalue weighted by Crippen LogP contribution is -2.40. The molecular weight excluding hydrogens is 534 g/mol. The van der Waals surface area contributed by atoms with Gasteiger partial charge in [-0.1, -0.05) is 72.0 Å². The highest BCUT2D eigenvalue weighted by Gasteiger charge is 2.33. The van der Waals surface area contributed by atoms with Crippen molar-refractivity contribution >= 4 is 34.3 Å². The van der Waals surface area contributed by atoms with Gasteiger partial charge in [0.25, 0.3) is 5.56 Å². The van der Waals surface area contributed by atoms with E-state index in [0.717, 1.165) is 22.2 Å². The average Bonchev–Trinajstić information content (AvgIpc) is 3.49. The molecule has 0 saturated carbocycles. The van der Waals surface area contributed by atoms with Gasteiger partial charge in [0.1, 0.15) is 5.75 Å². The van der Waals surface area contributed by atoms with Gasteiger partial charge in [-0.05, 0) is 55.3 Å². The van der Waals surface area contributed by atoms with E-state index in [1.807, 2.05) is 60.7 Å². The molecule has 0 unspecified atom stereocenters. The zero-order valence-corrected chi connectivity index (χ0v) is 23.9. The van der Waals surface area contributed by atoms with Crippen LogP contribution in [0.2, 0.25) is 0 Å². The van der Waals surface area contributed by atoms with Crippen molar-refractivity contribution in [3.05, 3.63) is 133 Å². The van der Waals surface area contributed by atoms with Crippen LogP contribution in [0.15, 0.2) is 106 Å². The lowest BCUT2D eigenvalue weighted by Gasteiger charge is -2.24. The van der Waals surface area contributed by atoms with E-state index >= 15 is 0 Å². The highest BCUT2D eigenvalue weighted by Crippen LogP contribution is 2.31. The fraction of sp³-hybridized carbons (Fsp3) is 0.182. The number of carbonyl (C=O) groups is 1. The number of hydrogen-bond acceptors (Lipinski definition) is 6. The molecule has 0 radical (unpaired) electrons. The van der Waals surface area contributed by atoms with Crippen LogP contribution in [0, 0.1) is 0 Å². The number of hydrogen-bond donors (Lipinski definition) is 0. The van der Waals surface area contributed by atoms with Crippen LogP contribution < -0.4 is 19.6 Å². The summed E-state index contributed by atoms with van der Waals surface area (Å²) in [5, 5.41) is 1.10. The first-order valence-electron chi connectivity index (χ1n) is 13.4. The van der Waals surface area contributed by atoms with Gasteiger partial charge in [0.15, 0.2) is 4.80 Å².